The number of esters is 2. The highest BCUT2D eigenvalue weighted by atomic mass is 16.5. The number of carbonyl (C=O) groups excluding carboxylic acids is 2. The van der Waals surface area contributed by atoms with Gasteiger partial charge in [-0.15, -0.1) is 0 Å². The van der Waals surface area contributed by atoms with Crippen molar-refractivity contribution in [2.75, 3.05) is 13.7 Å². The molecule has 0 bridgehead atoms. The van der Waals surface area contributed by atoms with Gasteiger partial charge in [0.1, 0.15) is 0 Å². The lowest BCUT2D eigenvalue weighted by Crippen LogP contribution is -2.09. The number of hydrogen-bond acceptors (Lipinski definition) is 4. The molecular formula is C17H28O4. The first-order valence-electron chi connectivity index (χ1n) is 7.61. The number of methoxy groups -OCH3 is 1. The predicted molar refractivity (Wildman–Crippen MR) is 83.9 cm³/mol. The van der Waals surface area contributed by atoms with E-state index in [-0.39, 0.29) is 11.9 Å². The summed E-state index contributed by atoms with van der Waals surface area (Å²) < 4.78 is 9.91. The van der Waals surface area contributed by atoms with E-state index >= 15 is 0 Å². The van der Waals surface area contributed by atoms with Crippen molar-refractivity contribution in [3.63, 3.8) is 0 Å². The lowest BCUT2D eigenvalue weighted by molar-refractivity contribution is -0.139. The van der Waals surface area contributed by atoms with Crippen molar-refractivity contribution in [3.8, 4) is 0 Å². The van der Waals surface area contributed by atoms with E-state index in [0.29, 0.717) is 24.2 Å². The third-order valence-electron chi connectivity index (χ3n) is 3.30. The Hall–Kier alpha value is -1.58. The molecule has 0 rings (SSSR count). The third kappa shape index (κ3) is 7.69. The molecule has 120 valence electrons. The standard InChI is InChI=1S/C17H28O4/c1-6-8-9-10-11-21-17(19)14(4)15(7-2)12-13(3)16(18)20-5/h12H,6-11H2,1-5H3/b13-12+,15-14-. The van der Waals surface area contributed by atoms with Gasteiger partial charge in [-0.2, -0.15) is 0 Å². The van der Waals surface area contributed by atoms with Gasteiger partial charge in [-0.1, -0.05) is 33.1 Å². The van der Waals surface area contributed by atoms with Crippen LogP contribution in [0.5, 0.6) is 0 Å². The second-order valence-electron chi connectivity index (χ2n) is 5.02. The molecule has 0 atom stereocenters. The van der Waals surface area contributed by atoms with Crippen LogP contribution in [0, 0.1) is 0 Å². The smallest absolute Gasteiger partial charge is 0.333 e. The highest BCUT2D eigenvalue weighted by Crippen LogP contribution is 2.15. The molecular weight excluding hydrogens is 268 g/mol. The molecule has 0 aliphatic rings. The van der Waals surface area contributed by atoms with E-state index < -0.39 is 0 Å². The van der Waals surface area contributed by atoms with Crippen molar-refractivity contribution < 1.29 is 19.1 Å². The summed E-state index contributed by atoms with van der Waals surface area (Å²) in [5.74, 6) is -0.695. The second-order valence-corrected chi connectivity index (χ2v) is 5.02. The quantitative estimate of drug-likeness (QED) is 0.280. The minimum Gasteiger partial charge on any atom is -0.466 e. The van der Waals surface area contributed by atoms with Crippen LogP contribution in [0.25, 0.3) is 0 Å². The second kappa shape index (κ2) is 11.1. The van der Waals surface area contributed by atoms with Gasteiger partial charge in [0.25, 0.3) is 0 Å². The number of allylic oxidation sites excluding steroid dienone is 2. The summed E-state index contributed by atoms with van der Waals surface area (Å²) in [5.41, 5.74) is 1.83. The number of rotatable bonds is 9. The maximum absolute atomic E-state index is 12.0. The summed E-state index contributed by atoms with van der Waals surface area (Å²) in [7, 11) is 1.34. The van der Waals surface area contributed by atoms with Gasteiger partial charge in [-0.25, -0.2) is 9.59 Å². The number of carbonyl (C=O) groups is 2. The fourth-order valence-corrected chi connectivity index (χ4v) is 1.89. The number of unbranched alkanes of at least 4 members (excludes halogenated alkanes) is 3. The summed E-state index contributed by atoms with van der Waals surface area (Å²) in [6.07, 6.45) is 6.64. The maximum atomic E-state index is 12.0. The SMILES string of the molecule is CCCCCCOC(=O)/C(C)=C(\C=C(/C)C(=O)OC)CC. The molecule has 0 radical (unpaired) electrons. The predicted octanol–water partition coefficient (Wildman–Crippen LogP) is 3.96. The zero-order chi connectivity index (χ0) is 16.3. The molecule has 0 N–H and O–H groups in total. The Bertz CT molecular complexity index is 405. The van der Waals surface area contributed by atoms with Gasteiger partial charge in [-0.3, -0.25) is 0 Å². The van der Waals surface area contributed by atoms with Gasteiger partial charge in [-0.05, 0) is 38.3 Å². The van der Waals surface area contributed by atoms with Gasteiger partial charge in [0.2, 0.25) is 0 Å². The van der Waals surface area contributed by atoms with E-state index in [0.717, 1.165) is 31.3 Å². The van der Waals surface area contributed by atoms with Crippen molar-refractivity contribution in [1.82, 2.24) is 0 Å². The van der Waals surface area contributed by atoms with Crippen LogP contribution in [-0.2, 0) is 19.1 Å². The van der Waals surface area contributed by atoms with Gasteiger partial charge in [0, 0.05) is 11.1 Å². The Kier molecular flexibility index (Phi) is 10.3. The molecule has 0 aromatic carbocycles. The molecule has 0 saturated carbocycles. The van der Waals surface area contributed by atoms with E-state index in [1.54, 1.807) is 19.9 Å². The van der Waals surface area contributed by atoms with E-state index in [2.05, 4.69) is 11.7 Å². The highest BCUT2D eigenvalue weighted by molar-refractivity contribution is 5.91. The molecule has 21 heavy (non-hydrogen) atoms. The Balaban J connectivity index is 4.68. The molecule has 0 unspecified atom stereocenters. The summed E-state index contributed by atoms with van der Waals surface area (Å²) in [5, 5.41) is 0. The van der Waals surface area contributed by atoms with Crippen molar-refractivity contribution in [3.05, 3.63) is 22.8 Å². The average molecular weight is 296 g/mol. The summed E-state index contributed by atoms with van der Waals surface area (Å²) in [6.45, 7) is 7.93. The Labute approximate surface area is 128 Å². The van der Waals surface area contributed by atoms with Crippen LogP contribution in [-0.4, -0.2) is 25.7 Å². The lowest BCUT2D eigenvalue weighted by Gasteiger charge is -2.09. The molecule has 0 heterocycles. The largest absolute Gasteiger partial charge is 0.466 e. The molecule has 0 aromatic heterocycles. The normalized spacial score (nSPS) is 12.7. The summed E-state index contributed by atoms with van der Waals surface area (Å²) in [6, 6.07) is 0. The molecule has 0 aromatic rings. The van der Waals surface area contributed by atoms with Crippen molar-refractivity contribution in [2.24, 2.45) is 0 Å². The topological polar surface area (TPSA) is 52.6 Å². The van der Waals surface area contributed by atoms with E-state index in [4.69, 9.17) is 4.74 Å². The van der Waals surface area contributed by atoms with Crippen LogP contribution in [0.15, 0.2) is 22.8 Å². The molecule has 0 aliphatic carbocycles. The minimum absolute atomic E-state index is 0.308. The molecule has 0 amide bonds. The number of ether oxygens (including phenoxy) is 2. The Morgan fingerprint density at radius 3 is 2.19 bits per heavy atom. The Morgan fingerprint density at radius 1 is 1.00 bits per heavy atom. The monoisotopic (exact) mass is 296 g/mol. The molecule has 0 fully saturated rings. The fourth-order valence-electron chi connectivity index (χ4n) is 1.89. The summed E-state index contributed by atoms with van der Waals surface area (Å²) >= 11 is 0. The van der Waals surface area contributed by atoms with Crippen LogP contribution in [0.3, 0.4) is 0 Å². The van der Waals surface area contributed by atoms with Gasteiger partial charge in [0.05, 0.1) is 13.7 Å². The van der Waals surface area contributed by atoms with Crippen LogP contribution in [0.4, 0.5) is 0 Å². The molecule has 4 heteroatoms. The molecule has 0 saturated heterocycles. The first kappa shape index (κ1) is 19.4. The molecule has 0 spiro atoms. The zero-order valence-electron chi connectivity index (χ0n) is 14.0. The minimum atomic E-state index is -0.387. The lowest BCUT2D eigenvalue weighted by atomic mass is 10.0. The van der Waals surface area contributed by atoms with E-state index in [9.17, 15) is 9.59 Å². The first-order valence-corrected chi connectivity index (χ1v) is 7.61. The highest BCUT2D eigenvalue weighted by Gasteiger charge is 2.11. The van der Waals surface area contributed by atoms with Crippen molar-refractivity contribution >= 4 is 11.9 Å². The van der Waals surface area contributed by atoms with Crippen LogP contribution in [0.2, 0.25) is 0 Å². The Morgan fingerprint density at radius 2 is 1.67 bits per heavy atom. The third-order valence-corrected chi connectivity index (χ3v) is 3.30. The zero-order valence-corrected chi connectivity index (χ0v) is 14.0. The first-order chi connectivity index (χ1) is 9.97. The number of hydrogen-bond donors (Lipinski definition) is 0. The summed E-state index contributed by atoms with van der Waals surface area (Å²) in [4.78, 5) is 23.4. The fraction of sp³-hybridized carbons (Fsp3) is 0.647. The van der Waals surface area contributed by atoms with Gasteiger partial charge >= 0.3 is 11.9 Å². The molecule has 0 aliphatic heterocycles. The molecule has 4 nitrogen and oxygen atoms in total. The van der Waals surface area contributed by atoms with Crippen LogP contribution in [0.1, 0.15) is 59.8 Å². The van der Waals surface area contributed by atoms with E-state index in [1.165, 1.54) is 7.11 Å². The van der Waals surface area contributed by atoms with Gasteiger partial charge < -0.3 is 9.47 Å². The van der Waals surface area contributed by atoms with Crippen molar-refractivity contribution in [2.45, 2.75) is 59.8 Å². The van der Waals surface area contributed by atoms with Crippen LogP contribution < -0.4 is 0 Å². The van der Waals surface area contributed by atoms with Gasteiger partial charge in [0.15, 0.2) is 0 Å². The van der Waals surface area contributed by atoms with E-state index in [1.807, 2.05) is 6.92 Å². The van der Waals surface area contributed by atoms with Crippen LogP contribution >= 0.6 is 0 Å². The van der Waals surface area contributed by atoms with Crippen molar-refractivity contribution in [1.29, 1.82) is 0 Å². The maximum Gasteiger partial charge on any atom is 0.333 e. The average Bonchev–Trinajstić information content (AvgIpc) is 2.50.